The number of benzene rings is 2. The molecule has 0 fully saturated rings. The van der Waals surface area contributed by atoms with Crippen LogP contribution < -0.4 is 56.3 Å². The molecule has 2 aromatic rings. The van der Waals surface area contributed by atoms with Crippen LogP contribution in [0.25, 0.3) is 0 Å². The van der Waals surface area contributed by atoms with Gasteiger partial charge in [-0.05, 0) is 68.7 Å². The SMILES string of the molecule is C[N+]1=C(C=CC=CC=C2N(CCCCCC(=O)O)c3ccc(S(=O)(=O)[O-])cc3C2(C)C)C(C)(C)c2cc(S(=O)(=O)[O-])ccc21.[K+]. The van der Waals surface area contributed by atoms with Gasteiger partial charge in [-0.1, -0.05) is 38.5 Å². The Kier molecular flexibility index (Phi) is 11.7. The van der Waals surface area contributed by atoms with Gasteiger partial charge >= 0.3 is 57.4 Å². The maximum atomic E-state index is 11.8. The van der Waals surface area contributed by atoms with Crippen molar-refractivity contribution in [3.8, 4) is 0 Å². The van der Waals surface area contributed by atoms with E-state index in [1.54, 1.807) is 12.1 Å². The number of carbonyl (C=O) groups is 1. The molecule has 0 spiro atoms. The standard InChI is InChI=1S/C32H38N2O8S2.K/c1-31(2)24-20-22(43(37,38)39)15-17-26(24)33(5)28(31)12-8-6-9-13-29-32(3,4)25-21-23(44(40,41)42)16-18-27(25)34(29)19-11-7-10-14-30(35)36;/h6,8-9,12-13,15-18,20-21H,7,10-11,14,19H2,1-5H3,(H2-,35,36,37,38,39,40,41,42);/q;+1/p-1. The van der Waals surface area contributed by atoms with Gasteiger partial charge in [-0.2, -0.15) is 4.58 Å². The Balaban J connectivity index is 0.00000552. The first kappa shape index (κ1) is 37.5. The van der Waals surface area contributed by atoms with Crippen molar-refractivity contribution < 1.29 is 91.8 Å². The van der Waals surface area contributed by atoms with Crippen LogP contribution >= 0.6 is 0 Å². The number of fused-ring (bicyclic) bond motifs is 2. The van der Waals surface area contributed by atoms with Gasteiger partial charge in [-0.3, -0.25) is 4.79 Å². The minimum atomic E-state index is -4.64. The van der Waals surface area contributed by atoms with Gasteiger partial charge in [0, 0.05) is 47.5 Å². The molecule has 0 unspecified atom stereocenters. The Morgan fingerprint density at radius 2 is 1.47 bits per heavy atom. The first-order chi connectivity index (χ1) is 20.4. The van der Waals surface area contributed by atoms with Crippen molar-refractivity contribution in [2.45, 2.75) is 74.0 Å². The van der Waals surface area contributed by atoms with E-state index in [4.69, 9.17) is 5.11 Å². The predicted octanol–water partition coefficient (Wildman–Crippen LogP) is 1.94. The molecule has 0 radical (unpaired) electrons. The van der Waals surface area contributed by atoms with Gasteiger partial charge in [0.15, 0.2) is 5.71 Å². The summed E-state index contributed by atoms with van der Waals surface area (Å²) in [5, 5.41) is 8.95. The summed E-state index contributed by atoms with van der Waals surface area (Å²) in [5.74, 6) is -0.836. The van der Waals surface area contributed by atoms with Crippen molar-refractivity contribution in [1.82, 2.24) is 0 Å². The zero-order valence-electron chi connectivity index (χ0n) is 26.4. The topological polar surface area (TPSA) is 158 Å². The summed E-state index contributed by atoms with van der Waals surface area (Å²) < 4.78 is 72.1. The zero-order chi connectivity index (χ0) is 32.7. The molecular formula is C32H37KN2O8S2. The van der Waals surface area contributed by atoms with Gasteiger partial charge in [0.2, 0.25) is 5.69 Å². The van der Waals surface area contributed by atoms with Gasteiger partial charge in [-0.15, -0.1) is 0 Å². The molecule has 0 amide bonds. The third-order valence-electron chi connectivity index (χ3n) is 8.45. The minimum absolute atomic E-state index is 0. The number of unbranched alkanes of at least 4 members (excludes halogenated alkanes) is 2. The van der Waals surface area contributed by atoms with Crippen molar-refractivity contribution in [2.75, 3.05) is 18.5 Å². The van der Waals surface area contributed by atoms with Crippen LogP contribution in [0.15, 0.2) is 82.3 Å². The Morgan fingerprint density at radius 1 is 0.867 bits per heavy atom. The molecule has 236 valence electrons. The summed E-state index contributed by atoms with van der Waals surface area (Å²) in [6.45, 7) is 8.44. The van der Waals surface area contributed by atoms with Crippen LogP contribution in [0.5, 0.6) is 0 Å². The molecule has 0 bridgehead atoms. The number of carboxylic acids is 1. The third kappa shape index (κ3) is 7.96. The number of nitrogens with zero attached hydrogens (tertiary/aromatic N) is 2. The van der Waals surface area contributed by atoms with E-state index in [2.05, 4.69) is 4.90 Å². The van der Waals surface area contributed by atoms with Gasteiger partial charge in [0.05, 0.1) is 15.2 Å². The zero-order valence-corrected chi connectivity index (χ0v) is 31.2. The average Bonchev–Trinajstić information content (AvgIpc) is 3.25. The summed E-state index contributed by atoms with van der Waals surface area (Å²) in [7, 11) is -7.34. The molecule has 45 heavy (non-hydrogen) atoms. The summed E-state index contributed by atoms with van der Waals surface area (Å²) >= 11 is 0. The van der Waals surface area contributed by atoms with Gasteiger partial charge in [0.25, 0.3) is 0 Å². The maximum absolute atomic E-state index is 11.8. The Labute approximate surface area is 308 Å². The Hall–Kier alpha value is -1.94. The van der Waals surface area contributed by atoms with Gasteiger partial charge in [0.1, 0.15) is 27.3 Å². The van der Waals surface area contributed by atoms with Crippen LogP contribution in [-0.4, -0.2) is 60.9 Å². The molecular weight excluding hydrogens is 644 g/mol. The van der Waals surface area contributed by atoms with Crippen LogP contribution in [0.2, 0.25) is 0 Å². The van der Waals surface area contributed by atoms with Gasteiger partial charge < -0.3 is 19.1 Å². The molecule has 0 atom stereocenters. The number of hydrogen-bond acceptors (Lipinski definition) is 8. The molecule has 2 aliphatic rings. The van der Waals surface area contributed by atoms with E-state index in [0.29, 0.717) is 19.4 Å². The summed E-state index contributed by atoms with van der Waals surface area (Å²) in [5.41, 5.74) is 3.72. The molecule has 4 rings (SSSR count). The fraction of sp³-hybridized carbons (Fsp3) is 0.375. The molecule has 2 aliphatic heterocycles. The number of anilines is 1. The third-order valence-corrected chi connectivity index (χ3v) is 10.1. The molecule has 2 aromatic carbocycles. The predicted molar refractivity (Wildman–Crippen MR) is 166 cm³/mol. The van der Waals surface area contributed by atoms with E-state index in [-0.39, 0.29) is 67.6 Å². The summed E-state index contributed by atoms with van der Waals surface area (Å²) in [4.78, 5) is 12.4. The van der Waals surface area contributed by atoms with Crippen molar-refractivity contribution >= 4 is 43.3 Å². The quantitative estimate of drug-likeness (QED) is 0.123. The molecule has 0 aromatic heterocycles. The number of hydrogen-bond donors (Lipinski definition) is 1. The molecule has 1 N–H and O–H groups in total. The second-order valence-corrected chi connectivity index (χ2v) is 14.9. The fourth-order valence-corrected chi connectivity index (χ4v) is 7.10. The number of rotatable bonds is 11. The average molecular weight is 681 g/mol. The van der Waals surface area contributed by atoms with Gasteiger partial charge in [-0.25, -0.2) is 16.8 Å². The van der Waals surface area contributed by atoms with Crippen molar-refractivity contribution in [3.63, 3.8) is 0 Å². The molecule has 0 saturated heterocycles. The van der Waals surface area contributed by atoms with Crippen molar-refractivity contribution in [1.29, 1.82) is 0 Å². The van der Waals surface area contributed by atoms with E-state index < -0.39 is 37.0 Å². The molecule has 10 nitrogen and oxygen atoms in total. The van der Waals surface area contributed by atoms with E-state index in [9.17, 15) is 30.7 Å². The van der Waals surface area contributed by atoms with E-state index >= 15 is 0 Å². The van der Waals surface area contributed by atoms with E-state index in [1.165, 1.54) is 24.3 Å². The summed E-state index contributed by atoms with van der Waals surface area (Å²) in [6.07, 6.45) is 11.6. The van der Waals surface area contributed by atoms with Crippen LogP contribution in [0.1, 0.15) is 64.5 Å². The van der Waals surface area contributed by atoms with Crippen molar-refractivity contribution in [3.05, 3.63) is 83.6 Å². The summed E-state index contributed by atoms with van der Waals surface area (Å²) in [6, 6.07) is 8.81. The van der Waals surface area contributed by atoms with Crippen LogP contribution in [0, 0.1) is 0 Å². The fourth-order valence-electron chi connectivity index (χ4n) is 6.10. The van der Waals surface area contributed by atoms with Crippen LogP contribution in [0.4, 0.5) is 11.4 Å². The van der Waals surface area contributed by atoms with E-state index in [1.807, 2.05) is 69.7 Å². The second-order valence-electron chi connectivity index (χ2n) is 12.1. The molecule has 13 heteroatoms. The largest absolute Gasteiger partial charge is 1.00 e. The Bertz CT molecular complexity index is 1840. The Morgan fingerprint density at radius 3 is 2.07 bits per heavy atom. The number of aliphatic carboxylic acids is 1. The van der Waals surface area contributed by atoms with E-state index in [0.717, 1.165) is 40.3 Å². The molecule has 0 aliphatic carbocycles. The molecule has 2 heterocycles. The van der Waals surface area contributed by atoms with Crippen LogP contribution in [-0.2, 0) is 35.9 Å². The second kappa shape index (κ2) is 14.0. The monoisotopic (exact) mass is 680 g/mol. The first-order valence-electron chi connectivity index (χ1n) is 14.2. The normalized spacial score (nSPS) is 18.1. The number of allylic oxidation sites excluding steroid dienone is 6. The number of carboxylic acid groups (broad SMARTS) is 1. The van der Waals surface area contributed by atoms with Crippen LogP contribution in [0.3, 0.4) is 0 Å². The maximum Gasteiger partial charge on any atom is 1.00 e. The molecule has 0 saturated carbocycles. The van der Waals surface area contributed by atoms with Crippen molar-refractivity contribution in [2.24, 2.45) is 0 Å². The smallest absolute Gasteiger partial charge is 0.744 e. The first-order valence-corrected chi connectivity index (χ1v) is 17.1. The minimum Gasteiger partial charge on any atom is -0.744 e.